The van der Waals surface area contributed by atoms with Crippen LogP contribution in [0.1, 0.15) is 0 Å². The van der Waals surface area contributed by atoms with E-state index in [0.717, 1.165) is 0 Å². The van der Waals surface area contributed by atoms with Crippen LogP contribution < -0.4 is 5.73 Å². The lowest BCUT2D eigenvalue weighted by Gasteiger charge is -2.05. The average molecular weight is 368 g/mol. The van der Waals surface area contributed by atoms with Gasteiger partial charge in [0.2, 0.25) is 0 Å². The van der Waals surface area contributed by atoms with Crippen molar-refractivity contribution < 1.29 is 8.91 Å². The Balaban J connectivity index is 2.24. The molecule has 2 aromatic carbocycles. The van der Waals surface area contributed by atoms with Gasteiger partial charge in [-0.2, -0.15) is 0 Å². The van der Waals surface area contributed by atoms with Crippen molar-refractivity contribution in [3.63, 3.8) is 0 Å². The van der Waals surface area contributed by atoms with Crippen molar-refractivity contribution in [2.75, 3.05) is 5.73 Å². The molecule has 3 aromatic rings. The van der Waals surface area contributed by atoms with Crippen LogP contribution in [0.5, 0.6) is 0 Å². The molecule has 1 heterocycles. The van der Waals surface area contributed by atoms with Crippen LogP contribution in [0.3, 0.4) is 0 Å². The molecular weight excluding hydrogens is 359 g/mol. The molecule has 0 unspecified atom stereocenters. The summed E-state index contributed by atoms with van der Waals surface area (Å²) in [5.74, 6) is 0.193. The lowest BCUT2D eigenvalue weighted by molar-refractivity contribution is 0.436. The zero-order valence-corrected chi connectivity index (χ0v) is 13.0. The second-order valence-electron chi connectivity index (χ2n) is 4.41. The SMILES string of the molecule is Nc1noc(-c2cc(F)cc(Br)c2)c1-c1ccccc1Cl. The Hall–Kier alpha value is -1.85. The van der Waals surface area contributed by atoms with Crippen LogP contribution in [-0.4, -0.2) is 5.16 Å². The molecule has 0 spiro atoms. The minimum atomic E-state index is -0.389. The molecule has 0 radical (unpaired) electrons. The fourth-order valence-electron chi connectivity index (χ4n) is 2.11. The molecule has 0 atom stereocenters. The highest BCUT2D eigenvalue weighted by Crippen LogP contribution is 2.40. The number of anilines is 1. The highest BCUT2D eigenvalue weighted by Gasteiger charge is 2.20. The van der Waals surface area contributed by atoms with Crippen LogP contribution in [-0.2, 0) is 0 Å². The van der Waals surface area contributed by atoms with Crippen molar-refractivity contribution in [2.45, 2.75) is 0 Å². The standard InChI is InChI=1S/C15H9BrClFN2O/c16-9-5-8(6-10(18)7-9)14-13(15(19)20-21-14)11-3-1-2-4-12(11)17/h1-7H,(H2,19,20). The van der Waals surface area contributed by atoms with Crippen molar-refractivity contribution in [1.29, 1.82) is 0 Å². The molecule has 106 valence electrons. The second-order valence-corrected chi connectivity index (χ2v) is 5.73. The number of nitrogens with two attached hydrogens (primary N) is 1. The van der Waals surface area contributed by atoms with Gasteiger partial charge in [-0.25, -0.2) is 4.39 Å². The Bertz CT molecular complexity index is 799. The van der Waals surface area contributed by atoms with Crippen molar-refractivity contribution >= 4 is 33.3 Å². The fourth-order valence-corrected chi connectivity index (χ4v) is 2.80. The van der Waals surface area contributed by atoms with Gasteiger partial charge in [-0.1, -0.05) is 50.9 Å². The minimum Gasteiger partial charge on any atom is -0.380 e. The van der Waals surface area contributed by atoms with Crippen LogP contribution in [0, 0.1) is 5.82 Å². The number of rotatable bonds is 2. The number of halogens is 3. The normalized spacial score (nSPS) is 10.8. The predicted molar refractivity (Wildman–Crippen MR) is 84.5 cm³/mol. The molecule has 0 aliphatic carbocycles. The van der Waals surface area contributed by atoms with E-state index in [1.807, 2.05) is 18.2 Å². The summed E-state index contributed by atoms with van der Waals surface area (Å²) in [6.07, 6.45) is 0. The molecule has 0 amide bonds. The Morgan fingerprint density at radius 3 is 2.67 bits per heavy atom. The van der Waals surface area contributed by atoms with Gasteiger partial charge in [0.1, 0.15) is 5.82 Å². The zero-order chi connectivity index (χ0) is 15.0. The van der Waals surface area contributed by atoms with Gasteiger partial charge in [0.25, 0.3) is 0 Å². The van der Waals surface area contributed by atoms with Crippen molar-refractivity contribution in [2.24, 2.45) is 0 Å². The number of aromatic nitrogens is 1. The number of hydrogen-bond acceptors (Lipinski definition) is 3. The van der Waals surface area contributed by atoms with E-state index in [-0.39, 0.29) is 11.6 Å². The molecule has 6 heteroatoms. The van der Waals surface area contributed by atoms with E-state index in [1.54, 1.807) is 12.1 Å². The van der Waals surface area contributed by atoms with Crippen LogP contribution in [0.15, 0.2) is 51.5 Å². The first-order chi connectivity index (χ1) is 10.1. The molecule has 0 fully saturated rings. The molecule has 0 aliphatic heterocycles. The van der Waals surface area contributed by atoms with Crippen molar-refractivity contribution in [3.05, 3.63) is 57.8 Å². The molecule has 3 rings (SSSR count). The third kappa shape index (κ3) is 2.66. The minimum absolute atomic E-state index is 0.207. The van der Waals surface area contributed by atoms with E-state index in [9.17, 15) is 4.39 Å². The van der Waals surface area contributed by atoms with Gasteiger partial charge < -0.3 is 10.3 Å². The van der Waals surface area contributed by atoms with E-state index in [1.165, 1.54) is 12.1 Å². The van der Waals surface area contributed by atoms with E-state index in [0.29, 0.717) is 31.9 Å². The monoisotopic (exact) mass is 366 g/mol. The lowest BCUT2D eigenvalue weighted by Crippen LogP contribution is -1.90. The highest BCUT2D eigenvalue weighted by molar-refractivity contribution is 9.10. The molecular formula is C15H9BrClFN2O. The van der Waals surface area contributed by atoms with E-state index < -0.39 is 0 Å². The molecule has 0 aliphatic rings. The summed E-state index contributed by atoms with van der Waals surface area (Å²) in [5.41, 5.74) is 7.66. The molecule has 21 heavy (non-hydrogen) atoms. The van der Waals surface area contributed by atoms with Gasteiger partial charge in [0.15, 0.2) is 11.6 Å². The second kappa shape index (κ2) is 5.50. The summed E-state index contributed by atoms with van der Waals surface area (Å²) >= 11 is 9.45. The van der Waals surface area contributed by atoms with Crippen LogP contribution in [0.25, 0.3) is 22.5 Å². The first-order valence-electron chi connectivity index (χ1n) is 6.03. The summed E-state index contributed by atoms with van der Waals surface area (Å²) in [7, 11) is 0. The first-order valence-corrected chi connectivity index (χ1v) is 7.20. The van der Waals surface area contributed by atoms with E-state index >= 15 is 0 Å². The van der Waals surface area contributed by atoms with Crippen molar-refractivity contribution in [1.82, 2.24) is 5.16 Å². The van der Waals surface area contributed by atoms with Gasteiger partial charge in [-0.3, -0.25) is 0 Å². The number of benzene rings is 2. The van der Waals surface area contributed by atoms with Gasteiger partial charge in [0.05, 0.1) is 5.56 Å². The van der Waals surface area contributed by atoms with Gasteiger partial charge >= 0.3 is 0 Å². The molecule has 0 saturated heterocycles. The molecule has 1 aromatic heterocycles. The van der Waals surface area contributed by atoms with Crippen LogP contribution >= 0.6 is 27.5 Å². The third-order valence-corrected chi connectivity index (χ3v) is 3.77. The Labute approximate surface area is 133 Å². The summed E-state index contributed by atoms with van der Waals surface area (Å²) in [6.45, 7) is 0. The molecule has 2 N–H and O–H groups in total. The van der Waals surface area contributed by atoms with E-state index in [4.69, 9.17) is 21.9 Å². The Morgan fingerprint density at radius 2 is 1.95 bits per heavy atom. The maximum Gasteiger partial charge on any atom is 0.177 e. The topological polar surface area (TPSA) is 52.0 Å². The van der Waals surface area contributed by atoms with Crippen molar-refractivity contribution in [3.8, 4) is 22.5 Å². The Morgan fingerprint density at radius 1 is 1.19 bits per heavy atom. The summed E-state index contributed by atoms with van der Waals surface area (Å²) in [4.78, 5) is 0. The van der Waals surface area contributed by atoms with Gasteiger partial charge in [0, 0.05) is 20.6 Å². The highest BCUT2D eigenvalue weighted by atomic mass is 79.9. The summed E-state index contributed by atoms with van der Waals surface area (Å²) in [6, 6.07) is 11.6. The maximum atomic E-state index is 13.6. The maximum absolute atomic E-state index is 13.6. The molecule has 0 saturated carbocycles. The average Bonchev–Trinajstić information content (AvgIpc) is 2.80. The molecule has 3 nitrogen and oxygen atoms in total. The van der Waals surface area contributed by atoms with Gasteiger partial charge in [-0.15, -0.1) is 0 Å². The first kappa shape index (κ1) is 14.1. The quantitative estimate of drug-likeness (QED) is 0.682. The number of nitrogens with zero attached hydrogens (tertiary/aromatic N) is 1. The fraction of sp³-hybridized carbons (Fsp3) is 0. The number of hydrogen-bond donors (Lipinski definition) is 1. The third-order valence-electron chi connectivity index (χ3n) is 2.99. The Kier molecular flexibility index (Phi) is 3.69. The van der Waals surface area contributed by atoms with Gasteiger partial charge in [-0.05, 0) is 24.3 Å². The number of nitrogen functional groups attached to an aromatic ring is 1. The van der Waals surface area contributed by atoms with Crippen LogP contribution in [0.2, 0.25) is 5.02 Å². The summed E-state index contributed by atoms with van der Waals surface area (Å²) in [5, 5.41) is 4.29. The van der Waals surface area contributed by atoms with Crippen LogP contribution in [0.4, 0.5) is 10.2 Å². The zero-order valence-electron chi connectivity index (χ0n) is 10.6. The predicted octanol–water partition coefficient (Wildman–Crippen LogP) is 5.15. The lowest BCUT2D eigenvalue weighted by atomic mass is 10.0. The molecule has 0 bridgehead atoms. The largest absolute Gasteiger partial charge is 0.380 e. The van der Waals surface area contributed by atoms with E-state index in [2.05, 4.69) is 21.1 Å². The summed E-state index contributed by atoms with van der Waals surface area (Å²) < 4.78 is 19.5. The smallest absolute Gasteiger partial charge is 0.177 e.